The van der Waals surface area contributed by atoms with Gasteiger partial charge in [-0.05, 0) is 79.5 Å². The molecule has 0 spiro atoms. The Bertz CT molecular complexity index is 705. The Morgan fingerprint density at radius 1 is 1.00 bits per heavy atom. The molecule has 4 saturated carbocycles. The van der Waals surface area contributed by atoms with Crippen LogP contribution in [0.1, 0.15) is 62.7 Å². The number of hydrogen-bond donors (Lipinski definition) is 1. The zero-order chi connectivity index (χ0) is 17.9. The monoisotopic (exact) mass is 341 g/mol. The molecule has 0 aliphatic heterocycles. The zero-order valence-electron chi connectivity index (χ0n) is 15.4. The minimum atomic E-state index is -0.361. The normalized spacial score (nSPS) is 38.4. The first-order valence-electron chi connectivity index (χ1n) is 9.25. The summed E-state index contributed by atoms with van der Waals surface area (Å²) in [7, 11) is 1.37. The second-order valence-corrected chi connectivity index (χ2v) is 9.43. The molecule has 0 saturated heterocycles. The third kappa shape index (κ3) is 2.76. The van der Waals surface area contributed by atoms with E-state index in [1.54, 1.807) is 24.3 Å². The average Bonchev–Trinajstić information content (AvgIpc) is 2.51. The number of rotatable bonds is 3. The predicted molar refractivity (Wildman–Crippen MR) is 96.3 cm³/mol. The molecule has 134 valence electrons. The fraction of sp³-hybridized carbons (Fsp3) is 0.619. The molecule has 0 unspecified atom stereocenters. The lowest BCUT2D eigenvalue weighted by Gasteiger charge is -2.64. The van der Waals surface area contributed by atoms with Crippen molar-refractivity contribution in [1.82, 2.24) is 0 Å². The summed E-state index contributed by atoms with van der Waals surface area (Å²) in [5.74, 6) is 0.498. The van der Waals surface area contributed by atoms with Gasteiger partial charge in [0.1, 0.15) is 0 Å². The van der Waals surface area contributed by atoms with E-state index in [1.807, 2.05) is 0 Å². The standard InChI is InChI=1S/C21H27NO3/c1-19-8-14-9-20(2,11-19)13-21(10-14,12-19)18(24)22-16-6-4-15(5-7-16)17(23)25-3/h4-7,14H,8-13H2,1-3H3,(H,22,24)/t14?,19-,20-,21?/m1/s1. The number of methoxy groups -OCH3 is 1. The van der Waals surface area contributed by atoms with E-state index in [-0.39, 0.29) is 17.3 Å². The highest BCUT2D eigenvalue weighted by Gasteiger charge is 2.62. The molecule has 4 heteroatoms. The maximum atomic E-state index is 13.2. The molecule has 1 N–H and O–H groups in total. The van der Waals surface area contributed by atoms with Crippen molar-refractivity contribution >= 4 is 17.6 Å². The second-order valence-electron chi connectivity index (χ2n) is 9.43. The Hall–Kier alpha value is -1.84. The van der Waals surface area contributed by atoms with Gasteiger partial charge in [-0.1, -0.05) is 13.8 Å². The van der Waals surface area contributed by atoms with Gasteiger partial charge >= 0.3 is 5.97 Å². The number of amides is 1. The molecule has 4 aliphatic rings. The molecule has 4 fully saturated rings. The summed E-state index contributed by atoms with van der Waals surface area (Å²) >= 11 is 0. The van der Waals surface area contributed by atoms with Gasteiger partial charge in [-0.3, -0.25) is 4.79 Å². The minimum Gasteiger partial charge on any atom is -0.465 e. The van der Waals surface area contributed by atoms with E-state index in [9.17, 15) is 9.59 Å². The number of benzene rings is 1. The van der Waals surface area contributed by atoms with Crippen molar-refractivity contribution in [2.45, 2.75) is 52.4 Å². The molecule has 25 heavy (non-hydrogen) atoms. The van der Waals surface area contributed by atoms with Crippen LogP contribution in [0.15, 0.2) is 24.3 Å². The van der Waals surface area contributed by atoms with Crippen LogP contribution in [-0.4, -0.2) is 19.0 Å². The minimum absolute atomic E-state index is 0.167. The number of nitrogens with one attached hydrogen (secondary N) is 1. The molecule has 4 aliphatic carbocycles. The summed E-state index contributed by atoms with van der Waals surface area (Å²) in [6, 6.07) is 6.97. The maximum Gasteiger partial charge on any atom is 0.337 e. The van der Waals surface area contributed by atoms with Crippen LogP contribution in [0.2, 0.25) is 0 Å². The molecule has 0 radical (unpaired) electrons. The van der Waals surface area contributed by atoms with Gasteiger partial charge in [-0.15, -0.1) is 0 Å². The Kier molecular flexibility index (Phi) is 3.54. The van der Waals surface area contributed by atoms with Crippen molar-refractivity contribution in [3.8, 4) is 0 Å². The summed E-state index contributed by atoms with van der Waals surface area (Å²) < 4.78 is 4.72. The fourth-order valence-corrected chi connectivity index (χ4v) is 6.77. The number of anilines is 1. The molecule has 1 aromatic rings. The summed E-state index contributed by atoms with van der Waals surface area (Å²) in [6.07, 6.45) is 6.89. The predicted octanol–water partition coefficient (Wildman–Crippen LogP) is 4.41. The second kappa shape index (κ2) is 5.33. The van der Waals surface area contributed by atoms with E-state index in [1.165, 1.54) is 26.4 Å². The third-order valence-electron chi connectivity index (χ3n) is 6.67. The van der Waals surface area contributed by atoms with Gasteiger partial charge in [-0.2, -0.15) is 0 Å². The summed E-state index contributed by atoms with van der Waals surface area (Å²) in [6.45, 7) is 4.76. The van der Waals surface area contributed by atoms with Crippen molar-refractivity contribution in [1.29, 1.82) is 0 Å². The summed E-state index contributed by atoms with van der Waals surface area (Å²) in [5.41, 5.74) is 1.67. The average molecular weight is 341 g/mol. The van der Waals surface area contributed by atoms with Crippen molar-refractivity contribution < 1.29 is 14.3 Å². The molecule has 1 aromatic carbocycles. The fourth-order valence-electron chi connectivity index (χ4n) is 6.77. The first-order valence-corrected chi connectivity index (χ1v) is 9.25. The van der Waals surface area contributed by atoms with Crippen LogP contribution in [0.4, 0.5) is 5.69 Å². The Labute approximate surface area is 149 Å². The van der Waals surface area contributed by atoms with Crippen molar-refractivity contribution in [2.24, 2.45) is 22.2 Å². The van der Waals surface area contributed by atoms with Crippen LogP contribution >= 0.6 is 0 Å². The number of carbonyl (C=O) groups excluding carboxylic acids is 2. The third-order valence-corrected chi connectivity index (χ3v) is 6.67. The van der Waals surface area contributed by atoms with Crippen molar-refractivity contribution in [2.75, 3.05) is 12.4 Å². The highest BCUT2D eigenvalue weighted by atomic mass is 16.5. The van der Waals surface area contributed by atoms with Crippen LogP contribution in [0, 0.1) is 22.2 Å². The van der Waals surface area contributed by atoms with E-state index in [2.05, 4.69) is 19.2 Å². The van der Waals surface area contributed by atoms with Crippen LogP contribution in [0.25, 0.3) is 0 Å². The molecule has 0 heterocycles. The van der Waals surface area contributed by atoms with Gasteiger partial charge in [0, 0.05) is 5.69 Å². The topological polar surface area (TPSA) is 55.4 Å². The molecule has 1 amide bonds. The number of carbonyl (C=O) groups is 2. The van der Waals surface area contributed by atoms with Gasteiger partial charge in [0.2, 0.25) is 5.91 Å². The molecule has 0 aromatic heterocycles. The van der Waals surface area contributed by atoms with E-state index >= 15 is 0 Å². The van der Waals surface area contributed by atoms with Gasteiger partial charge in [-0.25, -0.2) is 4.79 Å². The van der Waals surface area contributed by atoms with Crippen LogP contribution in [-0.2, 0) is 9.53 Å². The Morgan fingerprint density at radius 3 is 2.12 bits per heavy atom. The summed E-state index contributed by atoms with van der Waals surface area (Å²) in [5, 5.41) is 3.13. The van der Waals surface area contributed by atoms with E-state index < -0.39 is 0 Å². The highest BCUT2D eigenvalue weighted by Crippen LogP contribution is 2.69. The van der Waals surface area contributed by atoms with Gasteiger partial charge in [0.05, 0.1) is 18.1 Å². The lowest BCUT2D eigenvalue weighted by molar-refractivity contribution is -0.165. The van der Waals surface area contributed by atoms with Crippen molar-refractivity contribution in [3.05, 3.63) is 29.8 Å². The number of esters is 1. The molecular formula is C21H27NO3. The lowest BCUT2D eigenvalue weighted by atomic mass is 9.40. The molecule has 4 nitrogen and oxygen atoms in total. The molecular weight excluding hydrogens is 314 g/mol. The van der Waals surface area contributed by atoms with Gasteiger partial charge in [0.25, 0.3) is 0 Å². The Morgan fingerprint density at radius 2 is 1.60 bits per heavy atom. The zero-order valence-corrected chi connectivity index (χ0v) is 15.4. The number of ether oxygens (including phenoxy) is 1. The molecule has 2 atom stereocenters. The van der Waals surface area contributed by atoms with Gasteiger partial charge in [0.15, 0.2) is 0 Å². The van der Waals surface area contributed by atoms with Crippen molar-refractivity contribution in [3.63, 3.8) is 0 Å². The van der Waals surface area contributed by atoms with E-state index in [4.69, 9.17) is 4.74 Å². The number of hydrogen-bond acceptors (Lipinski definition) is 3. The molecule has 4 bridgehead atoms. The summed E-state index contributed by atoms with van der Waals surface area (Å²) in [4.78, 5) is 24.8. The van der Waals surface area contributed by atoms with Crippen LogP contribution in [0.5, 0.6) is 0 Å². The first-order chi connectivity index (χ1) is 11.7. The Balaban J connectivity index is 1.54. The molecule has 5 rings (SSSR count). The highest BCUT2D eigenvalue weighted by molar-refractivity contribution is 5.96. The first kappa shape index (κ1) is 16.6. The van der Waals surface area contributed by atoms with Crippen LogP contribution < -0.4 is 5.32 Å². The van der Waals surface area contributed by atoms with E-state index in [0.717, 1.165) is 24.9 Å². The van der Waals surface area contributed by atoms with Crippen LogP contribution in [0.3, 0.4) is 0 Å². The lowest BCUT2D eigenvalue weighted by Crippen LogP contribution is -2.58. The van der Waals surface area contributed by atoms with E-state index in [0.29, 0.717) is 22.3 Å². The maximum absolute atomic E-state index is 13.2. The largest absolute Gasteiger partial charge is 0.465 e. The van der Waals surface area contributed by atoms with Gasteiger partial charge < -0.3 is 10.1 Å². The quantitative estimate of drug-likeness (QED) is 0.829. The SMILES string of the molecule is COC(=O)c1ccc(NC(=O)C23CC4C[C@@](C)(C2)C[C@@](C)(C4)C3)cc1. The smallest absolute Gasteiger partial charge is 0.337 e.